The van der Waals surface area contributed by atoms with Gasteiger partial charge < -0.3 is 9.63 Å². The summed E-state index contributed by atoms with van der Waals surface area (Å²) in [5, 5.41) is 9.19. The van der Waals surface area contributed by atoms with Gasteiger partial charge in [-0.25, -0.2) is 0 Å². The van der Waals surface area contributed by atoms with Crippen molar-refractivity contribution in [3.8, 4) is 5.75 Å². The quantitative estimate of drug-likeness (QED) is 0.592. The van der Waals surface area contributed by atoms with E-state index in [2.05, 4.69) is 6.92 Å². The largest absolute Gasteiger partial charge is 0.508 e. The monoisotopic (exact) mass is 256 g/mol. The SMILES string of the molecule is CCCCOP(=O)(CC)Cc1ccc(O)cc1. The van der Waals surface area contributed by atoms with Crippen LogP contribution in [0.1, 0.15) is 32.3 Å². The smallest absolute Gasteiger partial charge is 0.207 e. The van der Waals surface area contributed by atoms with E-state index in [1.54, 1.807) is 24.3 Å². The van der Waals surface area contributed by atoms with Gasteiger partial charge in [-0.2, -0.15) is 0 Å². The number of benzene rings is 1. The van der Waals surface area contributed by atoms with E-state index >= 15 is 0 Å². The highest BCUT2D eigenvalue weighted by Gasteiger charge is 2.20. The Kier molecular flexibility index (Phi) is 5.73. The molecule has 1 N–H and O–H groups in total. The van der Waals surface area contributed by atoms with E-state index < -0.39 is 7.37 Å². The van der Waals surface area contributed by atoms with Gasteiger partial charge in [0.1, 0.15) is 5.75 Å². The highest BCUT2D eigenvalue weighted by molar-refractivity contribution is 7.58. The van der Waals surface area contributed by atoms with Gasteiger partial charge in [0.25, 0.3) is 0 Å². The Morgan fingerprint density at radius 3 is 2.41 bits per heavy atom. The molecule has 0 bridgehead atoms. The number of phenols is 1. The van der Waals surface area contributed by atoms with Gasteiger partial charge in [-0.1, -0.05) is 32.4 Å². The minimum Gasteiger partial charge on any atom is -0.508 e. The van der Waals surface area contributed by atoms with Gasteiger partial charge >= 0.3 is 0 Å². The van der Waals surface area contributed by atoms with Gasteiger partial charge in [-0.05, 0) is 24.1 Å². The molecule has 0 aliphatic carbocycles. The topological polar surface area (TPSA) is 46.5 Å². The summed E-state index contributed by atoms with van der Waals surface area (Å²) in [6.45, 7) is 4.55. The first-order valence-corrected chi connectivity index (χ1v) is 8.09. The van der Waals surface area contributed by atoms with Gasteiger partial charge in [0, 0.05) is 12.3 Å². The number of unbranched alkanes of at least 4 members (excludes halogenated alkanes) is 1. The zero-order chi connectivity index (χ0) is 12.7. The molecule has 1 rings (SSSR count). The molecule has 3 nitrogen and oxygen atoms in total. The first-order valence-electron chi connectivity index (χ1n) is 6.10. The fraction of sp³-hybridized carbons (Fsp3) is 0.538. The molecule has 1 aromatic carbocycles. The summed E-state index contributed by atoms with van der Waals surface area (Å²) in [4.78, 5) is 0. The maximum Gasteiger partial charge on any atom is 0.207 e. The van der Waals surface area contributed by atoms with Crippen molar-refractivity contribution in [2.24, 2.45) is 0 Å². The van der Waals surface area contributed by atoms with Crippen molar-refractivity contribution in [3.05, 3.63) is 29.8 Å². The maximum absolute atomic E-state index is 12.4. The molecule has 4 heteroatoms. The molecule has 17 heavy (non-hydrogen) atoms. The fourth-order valence-electron chi connectivity index (χ4n) is 1.50. The molecule has 0 saturated carbocycles. The van der Waals surface area contributed by atoms with Crippen molar-refractivity contribution < 1.29 is 14.2 Å². The van der Waals surface area contributed by atoms with Crippen LogP contribution in [0.4, 0.5) is 0 Å². The number of phenolic OH excluding ortho intramolecular Hbond substituents is 1. The zero-order valence-corrected chi connectivity index (χ0v) is 11.5. The normalized spacial score (nSPS) is 14.5. The van der Waals surface area contributed by atoms with Crippen LogP contribution >= 0.6 is 7.37 Å². The average molecular weight is 256 g/mol. The third-order valence-corrected chi connectivity index (χ3v) is 5.13. The van der Waals surface area contributed by atoms with Crippen molar-refractivity contribution in [3.63, 3.8) is 0 Å². The summed E-state index contributed by atoms with van der Waals surface area (Å²) in [6, 6.07) is 6.81. The molecule has 0 fully saturated rings. The molecular weight excluding hydrogens is 235 g/mol. The summed E-state index contributed by atoms with van der Waals surface area (Å²) in [7, 11) is -2.55. The van der Waals surface area contributed by atoms with Crippen molar-refractivity contribution in [1.82, 2.24) is 0 Å². The Bertz CT molecular complexity index is 373. The van der Waals surface area contributed by atoms with Crippen molar-refractivity contribution in [2.45, 2.75) is 32.9 Å². The number of hydrogen-bond acceptors (Lipinski definition) is 3. The summed E-state index contributed by atoms with van der Waals surface area (Å²) in [6.07, 6.45) is 2.99. The van der Waals surface area contributed by atoms with E-state index in [9.17, 15) is 9.67 Å². The molecule has 0 spiro atoms. The Labute approximate surface area is 103 Å². The lowest BCUT2D eigenvalue weighted by Gasteiger charge is -2.17. The van der Waals surface area contributed by atoms with Crippen LogP contribution in [-0.2, 0) is 15.3 Å². The standard InChI is InChI=1S/C13H21O3P/c1-3-5-10-16-17(15,4-2)11-12-6-8-13(14)9-7-12/h6-9,14H,3-5,10-11H2,1-2H3. The highest BCUT2D eigenvalue weighted by Crippen LogP contribution is 2.49. The molecule has 96 valence electrons. The van der Waals surface area contributed by atoms with Crippen LogP contribution in [-0.4, -0.2) is 17.9 Å². The summed E-state index contributed by atoms with van der Waals surface area (Å²) in [5.41, 5.74) is 0.949. The lowest BCUT2D eigenvalue weighted by Crippen LogP contribution is -1.98. The number of aromatic hydroxyl groups is 1. The predicted octanol–water partition coefficient (Wildman–Crippen LogP) is 4.01. The number of hydrogen-bond donors (Lipinski definition) is 1. The summed E-state index contributed by atoms with van der Waals surface area (Å²) in [5.74, 6) is 0.229. The van der Waals surface area contributed by atoms with Crippen molar-refractivity contribution in [2.75, 3.05) is 12.8 Å². The van der Waals surface area contributed by atoms with Gasteiger partial charge in [-0.15, -0.1) is 0 Å². The lowest BCUT2D eigenvalue weighted by molar-refractivity contribution is 0.305. The molecule has 0 amide bonds. The molecule has 0 heterocycles. The van der Waals surface area contributed by atoms with Crippen LogP contribution in [0.2, 0.25) is 0 Å². The van der Waals surface area contributed by atoms with Crippen LogP contribution in [0.5, 0.6) is 5.75 Å². The molecule has 1 unspecified atom stereocenters. The van der Waals surface area contributed by atoms with E-state index in [0.29, 0.717) is 18.9 Å². The molecule has 0 radical (unpaired) electrons. The third-order valence-electron chi connectivity index (χ3n) is 2.67. The Hall–Kier alpha value is -0.790. The van der Waals surface area contributed by atoms with Crippen LogP contribution in [0.15, 0.2) is 24.3 Å². The van der Waals surface area contributed by atoms with Gasteiger partial charge in [0.15, 0.2) is 0 Å². The second-order valence-electron chi connectivity index (χ2n) is 4.14. The molecule has 0 aliphatic rings. The Morgan fingerprint density at radius 1 is 1.24 bits per heavy atom. The maximum atomic E-state index is 12.4. The van der Waals surface area contributed by atoms with Crippen LogP contribution < -0.4 is 0 Å². The van der Waals surface area contributed by atoms with Crippen LogP contribution in [0.25, 0.3) is 0 Å². The van der Waals surface area contributed by atoms with Crippen LogP contribution in [0, 0.1) is 0 Å². The Morgan fingerprint density at radius 2 is 1.88 bits per heavy atom. The zero-order valence-electron chi connectivity index (χ0n) is 10.6. The molecule has 1 atom stereocenters. The van der Waals surface area contributed by atoms with E-state index in [1.807, 2.05) is 6.92 Å². The van der Waals surface area contributed by atoms with Gasteiger partial charge in [-0.3, -0.25) is 4.57 Å². The van der Waals surface area contributed by atoms with E-state index in [4.69, 9.17) is 4.52 Å². The fourth-order valence-corrected chi connectivity index (χ4v) is 3.23. The van der Waals surface area contributed by atoms with Gasteiger partial charge in [0.2, 0.25) is 7.37 Å². The molecule has 0 saturated heterocycles. The highest BCUT2D eigenvalue weighted by atomic mass is 31.2. The minimum absolute atomic E-state index is 0.229. The summed E-state index contributed by atoms with van der Waals surface area (Å²) < 4.78 is 18.0. The molecule has 0 aromatic heterocycles. The van der Waals surface area contributed by atoms with Crippen molar-refractivity contribution >= 4 is 7.37 Å². The minimum atomic E-state index is -2.55. The van der Waals surface area contributed by atoms with Crippen molar-refractivity contribution in [1.29, 1.82) is 0 Å². The first-order chi connectivity index (χ1) is 8.09. The average Bonchev–Trinajstić information content (AvgIpc) is 2.33. The third kappa shape index (κ3) is 4.93. The second kappa shape index (κ2) is 6.83. The lowest BCUT2D eigenvalue weighted by atomic mass is 10.2. The number of rotatable bonds is 7. The molecule has 1 aromatic rings. The first kappa shape index (κ1) is 14.3. The van der Waals surface area contributed by atoms with Crippen LogP contribution in [0.3, 0.4) is 0 Å². The molecular formula is C13H21O3P. The van der Waals surface area contributed by atoms with Gasteiger partial charge in [0.05, 0.1) is 6.61 Å². The van der Waals surface area contributed by atoms with E-state index in [-0.39, 0.29) is 5.75 Å². The van der Waals surface area contributed by atoms with E-state index in [1.165, 1.54) is 0 Å². The van der Waals surface area contributed by atoms with E-state index in [0.717, 1.165) is 18.4 Å². The predicted molar refractivity (Wildman–Crippen MR) is 70.8 cm³/mol. The second-order valence-corrected chi connectivity index (χ2v) is 6.98. The Balaban J connectivity index is 2.61. The summed E-state index contributed by atoms with van der Waals surface area (Å²) >= 11 is 0. The molecule has 0 aliphatic heterocycles.